The number of carboxylic acids is 1. The molecule has 1 saturated heterocycles. The number of aromatic nitrogens is 2. The third-order valence-corrected chi connectivity index (χ3v) is 4.72. The van der Waals surface area contributed by atoms with E-state index in [9.17, 15) is 14.7 Å². The van der Waals surface area contributed by atoms with Crippen LogP contribution >= 0.6 is 23.2 Å². The number of nitrogens with zero attached hydrogens (tertiary/aromatic N) is 3. The topological polar surface area (TPSA) is 84.7 Å². The van der Waals surface area contributed by atoms with E-state index >= 15 is 0 Å². The van der Waals surface area contributed by atoms with Gasteiger partial charge in [-0.25, -0.2) is 4.68 Å². The molecule has 26 heavy (non-hydrogen) atoms. The number of carboxylic acid groups (broad SMARTS) is 1. The maximum absolute atomic E-state index is 12.9. The van der Waals surface area contributed by atoms with Gasteiger partial charge in [0.05, 0.1) is 22.5 Å². The Kier molecular flexibility index (Phi) is 5.80. The number of aliphatic carboxylic acids is 1. The van der Waals surface area contributed by atoms with Gasteiger partial charge in [0.25, 0.3) is 5.91 Å². The lowest BCUT2D eigenvalue weighted by molar-refractivity contribution is -0.138. The number of carbonyl (C=O) groups excluding carboxylic acids is 1. The molecule has 1 N–H and O–H groups in total. The van der Waals surface area contributed by atoms with Gasteiger partial charge in [-0.05, 0) is 31.0 Å². The van der Waals surface area contributed by atoms with Crippen LogP contribution in [-0.4, -0.2) is 57.5 Å². The molecule has 1 fully saturated rings. The van der Waals surface area contributed by atoms with Crippen molar-refractivity contribution in [1.29, 1.82) is 0 Å². The summed E-state index contributed by atoms with van der Waals surface area (Å²) < 4.78 is 6.76. The maximum atomic E-state index is 12.9. The fourth-order valence-corrected chi connectivity index (χ4v) is 3.40. The maximum Gasteiger partial charge on any atom is 0.323 e. The van der Waals surface area contributed by atoms with E-state index in [1.54, 1.807) is 18.2 Å². The van der Waals surface area contributed by atoms with Crippen molar-refractivity contribution in [2.45, 2.75) is 18.9 Å². The number of carbonyl (C=O) groups is 2. The number of hydrogen-bond donors (Lipinski definition) is 1. The largest absolute Gasteiger partial charge is 0.480 e. The summed E-state index contributed by atoms with van der Waals surface area (Å²) in [5, 5.41) is 14.2. The molecule has 1 aliphatic rings. The van der Waals surface area contributed by atoms with Crippen molar-refractivity contribution in [3.05, 3.63) is 46.2 Å². The third-order valence-electron chi connectivity index (χ3n) is 4.18. The Morgan fingerprint density at radius 3 is 2.69 bits per heavy atom. The van der Waals surface area contributed by atoms with Gasteiger partial charge in [0.1, 0.15) is 6.54 Å². The molecule has 1 aromatic heterocycles. The van der Waals surface area contributed by atoms with Crippen LogP contribution in [0, 0.1) is 0 Å². The minimum Gasteiger partial charge on any atom is -0.480 e. The molecule has 0 saturated carbocycles. The fourth-order valence-electron chi connectivity index (χ4n) is 2.91. The first kappa shape index (κ1) is 18.7. The van der Waals surface area contributed by atoms with Crippen molar-refractivity contribution in [3.63, 3.8) is 0 Å². The minimum absolute atomic E-state index is 0.171. The van der Waals surface area contributed by atoms with Crippen LogP contribution in [0.25, 0.3) is 5.69 Å². The lowest BCUT2D eigenvalue weighted by atomic mass is 10.1. The molecule has 0 unspecified atom stereocenters. The lowest BCUT2D eigenvalue weighted by Gasteiger charge is -2.32. The van der Waals surface area contributed by atoms with E-state index in [4.69, 9.17) is 27.9 Å². The predicted molar refractivity (Wildman–Crippen MR) is 96.1 cm³/mol. The molecule has 7 nitrogen and oxygen atoms in total. The number of amides is 1. The smallest absolute Gasteiger partial charge is 0.323 e. The summed E-state index contributed by atoms with van der Waals surface area (Å²) in [5.74, 6) is -1.44. The monoisotopic (exact) mass is 397 g/mol. The number of benzene rings is 1. The molecule has 0 aliphatic carbocycles. The van der Waals surface area contributed by atoms with Crippen molar-refractivity contribution in [2.24, 2.45) is 0 Å². The second-order valence-corrected chi connectivity index (χ2v) is 6.78. The molecular weight excluding hydrogens is 381 g/mol. The molecule has 1 aliphatic heterocycles. The minimum atomic E-state index is -1.06. The first-order valence-corrected chi connectivity index (χ1v) is 8.82. The second kappa shape index (κ2) is 8.07. The molecule has 0 radical (unpaired) electrons. The molecule has 2 heterocycles. The average Bonchev–Trinajstić information content (AvgIpc) is 3.09. The van der Waals surface area contributed by atoms with Gasteiger partial charge in [0.15, 0.2) is 0 Å². The van der Waals surface area contributed by atoms with Crippen molar-refractivity contribution >= 4 is 35.1 Å². The van der Waals surface area contributed by atoms with Crippen LogP contribution in [0.1, 0.15) is 23.2 Å². The quantitative estimate of drug-likeness (QED) is 0.838. The van der Waals surface area contributed by atoms with E-state index in [2.05, 4.69) is 5.10 Å². The number of ether oxygens (including phenoxy) is 1. The van der Waals surface area contributed by atoms with Crippen LogP contribution in [0.15, 0.2) is 30.6 Å². The second-order valence-electron chi connectivity index (χ2n) is 5.94. The van der Waals surface area contributed by atoms with Crippen molar-refractivity contribution in [2.75, 3.05) is 19.8 Å². The van der Waals surface area contributed by atoms with E-state index in [0.29, 0.717) is 47.4 Å². The van der Waals surface area contributed by atoms with Crippen LogP contribution in [0.2, 0.25) is 10.0 Å². The van der Waals surface area contributed by atoms with E-state index in [-0.39, 0.29) is 18.5 Å². The van der Waals surface area contributed by atoms with Gasteiger partial charge in [-0.3, -0.25) is 9.59 Å². The first-order valence-electron chi connectivity index (χ1n) is 8.06. The molecule has 1 aromatic carbocycles. The standard InChI is InChI=1S/C17H17Cl2N3O4/c18-12-1-2-15(14(19)7-12)22-9-11(8-20-22)17(25)21(10-16(23)24)13-3-5-26-6-4-13/h1-2,7-9,13H,3-6,10H2,(H,23,24). The summed E-state index contributed by atoms with van der Waals surface area (Å²) in [5.41, 5.74) is 0.870. The molecule has 138 valence electrons. The van der Waals surface area contributed by atoms with Crippen LogP contribution in [0.5, 0.6) is 0 Å². The van der Waals surface area contributed by atoms with Gasteiger partial charge < -0.3 is 14.7 Å². The highest BCUT2D eigenvalue weighted by molar-refractivity contribution is 6.35. The predicted octanol–water partition coefficient (Wildman–Crippen LogP) is 2.88. The molecule has 3 rings (SSSR count). The molecule has 2 aromatic rings. The Morgan fingerprint density at radius 1 is 1.31 bits per heavy atom. The van der Waals surface area contributed by atoms with E-state index < -0.39 is 5.97 Å². The first-order chi connectivity index (χ1) is 12.5. The molecule has 0 spiro atoms. The Morgan fingerprint density at radius 2 is 2.04 bits per heavy atom. The summed E-state index contributed by atoms with van der Waals surface area (Å²) in [7, 11) is 0. The van der Waals surface area contributed by atoms with Crippen LogP contribution in [0.4, 0.5) is 0 Å². The summed E-state index contributed by atoms with van der Waals surface area (Å²) in [4.78, 5) is 25.5. The molecule has 9 heteroatoms. The number of hydrogen-bond acceptors (Lipinski definition) is 4. The highest BCUT2D eigenvalue weighted by atomic mass is 35.5. The van der Waals surface area contributed by atoms with Gasteiger partial charge in [-0.15, -0.1) is 0 Å². The van der Waals surface area contributed by atoms with Gasteiger partial charge in [-0.2, -0.15) is 5.10 Å². The summed E-state index contributed by atoms with van der Waals surface area (Å²) in [6.07, 6.45) is 4.15. The SMILES string of the molecule is O=C(O)CN(C(=O)c1cnn(-c2ccc(Cl)cc2Cl)c1)C1CCOCC1. The molecule has 1 amide bonds. The summed E-state index contributed by atoms with van der Waals surface area (Å²) in [6.45, 7) is 0.651. The number of halogens is 2. The van der Waals surface area contributed by atoms with Crippen molar-refractivity contribution < 1.29 is 19.4 Å². The van der Waals surface area contributed by atoms with Crippen LogP contribution < -0.4 is 0 Å². The van der Waals surface area contributed by atoms with Gasteiger partial charge >= 0.3 is 5.97 Å². The fraction of sp³-hybridized carbons (Fsp3) is 0.353. The van der Waals surface area contributed by atoms with E-state index in [1.165, 1.54) is 22.0 Å². The zero-order valence-corrected chi connectivity index (χ0v) is 15.3. The zero-order chi connectivity index (χ0) is 18.7. The van der Waals surface area contributed by atoms with Crippen molar-refractivity contribution in [1.82, 2.24) is 14.7 Å². The van der Waals surface area contributed by atoms with Gasteiger partial charge in [0, 0.05) is 30.5 Å². The van der Waals surface area contributed by atoms with Gasteiger partial charge in [-0.1, -0.05) is 23.2 Å². The Labute approximate surface area is 160 Å². The molecule has 0 bridgehead atoms. The average molecular weight is 398 g/mol. The summed E-state index contributed by atoms with van der Waals surface area (Å²) >= 11 is 12.1. The highest BCUT2D eigenvalue weighted by Crippen LogP contribution is 2.24. The molecule has 0 atom stereocenters. The van der Waals surface area contributed by atoms with E-state index in [1.807, 2.05) is 0 Å². The van der Waals surface area contributed by atoms with Crippen molar-refractivity contribution in [3.8, 4) is 5.69 Å². The Hall–Kier alpha value is -2.09. The Bertz CT molecular complexity index is 818. The normalized spacial score (nSPS) is 15.0. The summed E-state index contributed by atoms with van der Waals surface area (Å²) in [6, 6.07) is 4.78. The molecular formula is C17H17Cl2N3O4. The Balaban J connectivity index is 1.85. The number of rotatable bonds is 5. The zero-order valence-electron chi connectivity index (χ0n) is 13.8. The lowest BCUT2D eigenvalue weighted by Crippen LogP contribution is -2.46. The van der Waals surface area contributed by atoms with Gasteiger partial charge in [0.2, 0.25) is 0 Å². The van der Waals surface area contributed by atoms with E-state index in [0.717, 1.165) is 0 Å². The highest BCUT2D eigenvalue weighted by Gasteiger charge is 2.29. The van der Waals surface area contributed by atoms with Crippen LogP contribution in [-0.2, 0) is 9.53 Å². The third kappa shape index (κ3) is 4.17. The van der Waals surface area contributed by atoms with Crippen LogP contribution in [0.3, 0.4) is 0 Å².